The number of nitrogens with zero attached hydrogens (tertiary/aromatic N) is 2. The monoisotopic (exact) mass is 309 g/mol. The molecule has 7 heteroatoms. The standard InChI is InChI=1S/C10H11BrF3N3/c11-8-3-6(15)4-16-9(8)17(7-1-2-7)5-10(12,13)14/h3-4,7H,1-2,5,15H2. The fourth-order valence-electron chi connectivity index (χ4n) is 1.61. The van der Waals surface area contributed by atoms with Crippen LogP contribution in [0, 0.1) is 0 Å². The molecule has 0 aliphatic heterocycles. The van der Waals surface area contributed by atoms with E-state index < -0.39 is 12.7 Å². The highest BCUT2D eigenvalue weighted by molar-refractivity contribution is 9.10. The van der Waals surface area contributed by atoms with Crippen LogP contribution in [0.15, 0.2) is 16.7 Å². The lowest BCUT2D eigenvalue weighted by molar-refractivity contribution is -0.120. The zero-order valence-electron chi connectivity index (χ0n) is 8.84. The third kappa shape index (κ3) is 3.24. The van der Waals surface area contributed by atoms with Crippen LogP contribution in [0.1, 0.15) is 12.8 Å². The van der Waals surface area contributed by atoms with Crippen LogP contribution in [0.2, 0.25) is 0 Å². The second-order valence-electron chi connectivity index (χ2n) is 4.05. The van der Waals surface area contributed by atoms with Gasteiger partial charge in [-0.25, -0.2) is 4.98 Å². The minimum atomic E-state index is -4.23. The Morgan fingerprint density at radius 2 is 2.12 bits per heavy atom. The van der Waals surface area contributed by atoms with Gasteiger partial charge in [0.2, 0.25) is 0 Å². The number of hydrogen-bond donors (Lipinski definition) is 1. The Hall–Kier alpha value is -0.980. The third-order valence-electron chi connectivity index (χ3n) is 2.45. The zero-order chi connectivity index (χ0) is 12.6. The maximum Gasteiger partial charge on any atom is 0.405 e. The molecule has 1 aliphatic carbocycles. The lowest BCUT2D eigenvalue weighted by Crippen LogP contribution is -2.36. The van der Waals surface area contributed by atoms with Gasteiger partial charge in [-0.1, -0.05) is 0 Å². The van der Waals surface area contributed by atoms with Crippen LogP contribution in [-0.4, -0.2) is 23.7 Å². The topological polar surface area (TPSA) is 42.1 Å². The molecule has 0 amide bonds. The Morgan fingerprint density at radius 3 is 2.59 bits per heavy atom. The number of hydrogen-bond acceptors (Lipinski definition) is 3. The maximum atomic E-state index is 12.5. The molecule has 0 atom stereocenters. The van der Waals surface area contributed by atoms with Crippen LogP contribution in [0.25, 0.3) is 0 Å². The van der Waals surface area contributed by atoms with Gasteiger partial charge in [0.05, 0.1) is 16.4 Å². The van der Waals surface area contributed by atoms with E-state index >= 15 is 0 Å². The summed E-state index contributed by atoms with van der Waals surface area (Å²) in [4.78, 5) is 5.26. The lowest BCUT2D eigenvalue weighted by atomic mass is 10.3. The molecule has 2 rings (SSSR count). The molecule has 3 nitrogen and oxygen atoms in total. The molecule has 1 aliphatic rings. The Kier molecular flexibility index (Phi) is 3.20. The molecular formula is C10H11BrF3N3. The van der Waals surface area contributed by atoms with E-state index in [0.717, 1.165) is 12.8 Å². The van der Waals surface area contributed by atoms with Crippen molar-refractivity contribution in [1.82, 2.24) is 4.98 Å². The molecule has 0 saturated heterocycles. The predicted octanol–water partition coefficient (Wildman–Crippen LogP) is 2.96. The fourth-order valence-corrected chi connectivity index (χ4v) is 2.21. The van der Waals surface area contributed by atoms with Gasteiger partial charge in [-0.05, 0) is 34.8 Å². The fraction of sp³-hybridized carbons (Fsp3) is 0.500. The normalized spacial score (nSPS) is 16.0. The summed E-state index contributed by atoms with van der Waals surface area (Å²) in [5, 5.41) is 0. The van der Waals surface area contributed by atoms with Gasteiger partial charge in [-0.2, -0.15) is 13.2 Å². The smallest absolute Gasteiger partial charge is 0.397 e. The van der Waals surface area contributed by atoms with Gasteiger partial charge < -0.3 is 10.6 Å². The van der Waals surface area contributed by atoms with Crippen molar-refractivity contribution in [2.45, 2.75) is 25.1 Å². The summed E-state index contributed by atoms with van der Waals surface area (Å²) in [7, 11) is 0. The van der Waals surface area contributed by atoms with Crippen LogP contribution in [0.4, 0.5) is 24.7 Å². The van der Waals surface area contributed by atoms with Crippen LogP contribution >= 0.6 is 15.9 Å². The number of rotatable bonds is 3. The molecule has 0 spiro atoms. The highest BCUT2D eigenvalue weighted by Gasteiger charge is 2.39. The molecule has 1 saturated carbocycles. The predicted molar refractivity (Wildman–Crippen MR) is 62.8 cm³/mol. The average Bonchev–Trinajstić information content (AvgIpc) is 2.96. The lowest BCUT2D eigenvalue weighted by Gasteiger charge is -2.25. The van der Waals surface area contributed by atoms with E-state index in [0.29, 0.717) is 16.0 Å². The van der Waals surface area contributed by atoms with Crippen molar-refractivity contribution in [2.75, 3.05) is 17.2 Å². The van der Waals surface area contributed by atoms with Gasteiger partial charge in [0.15, 0.2) is 0 Å². The number of alkyl halides is 3. The van der Waals surface area contributed by atoms with Crippen LogP contribution in [-0.2, 0) is 0 Å². The Morgan fingerprint density at radius 1 is 1.47 bits per heavy atom. The first-order chi connectivity index (χ1) is 7.87. The third-order valence-corrected chi connectivity index (χ3v) is 3.04. The molecule has 2 N–H and O–H groups in total. The minimum absolute atomic E-state index is 0.0657. The molecule has 17 heavy (non-hydrogen) atoms. The molecule has 0 bridgehead atoms. The van der Waals surface area contributed by atoms with Crippen molar-refractivity contribution in [1.29, 1.82) is 0 Å². The van der Waals surface area contributed by atoms with Gasteiger partial charge in [0.25, 0.3) is 0 Å². The second-order valence-corrected chi connectivity index (χ2v) is 4.90. The van der Waals surface area contributed by atoms with E-state index in [1.165, 1.54) is 11.1 Å². The summed E-state index contributed by atoms with van der Waals surface area (Å²) in [6.45, 7) is -0.979. The van der Waals surface area contributed by atoms with E-state index in [1.54, 1.807) is 6.07 Å². The number of halogens is 4. The van der Waals surface area contributed by atoms with E-state index in [2.05, 4.69) is 20.9 Å². The van der Waals surface area contributed by atoms with Crippen molar-refractivity contribution < 1.29 is 13.2 Å². The first kappa shape index (κ1) is 12.5. The average molecular weight is 310 g/mol. The van der Waals surface area contributed by atoms with E-state index in [4.69, 9.17) is 5.73 Å². The summed E-state index contributed by atoms with van der Waals surface area (Å²) in [6.07, 6.45) is -1.32. The van der Waals surface area contributed by atoms with Crippen LogP contribution in [0.5, 0.6) is 0 Å². The van der Waals surface area contributed by atoms with Crippen LogP contribution < -0.4 is 10.6 Å². The summed E-state index contributed by atoms with van der Waals surface area (Å²) in [6, 6.07) is 1.50. The van der Waals surface area contributed by atoms with Crippen molar-refractivity contribution in [2.24, 2.45) is 0 Å². The molecule has 1 aromatic rings. The number of anilines is 2. The maximum absolute atomic E-state index is 12.5. The summed E-state index contributed by atoms with van der Waals surface area (Å²) in [5.41, 5.74) is 5.93. The number of aromatic nitrogens is 1. The van der Waals surface area contributed by atoms with Crippen molar-refractivity contribution in [3.05, 3.63) is 16.7 Å². The Bertz CT molecular complexity index is 418. The van der Waals surface area contributed by atoms with E-state index in [1.807, 2.05) is 0 Å². The molecule has 1 heterocycles. The van der Waals surface area contributed by atoms with Gasteiger partial charge in [0.1, 0.15) is 12.4 Å². The van der Waals surface area contributed by atoms with Gasteiger partial charge >= 0.3 is 6.18 Å². The molecule has 0 radical (unpaired) electrons. The van der Waals surface area contributed by atoms with Crippen LogP contribution in [0.3, 0.4) is 0 Å². The Labute approximate surface area is 105 Å². The van der Waals surface area contributed by atoms with E-state index in [-0.39, 0.29) is 6.04 Å². The summed E-state index contributed by atoms with van der Waals surface area (Å²) < 4.78 is 37.9. The van der Waals surface area contributed by atoms with Crippen molar-refractivity contribution in [3.63, 3.8) is 0 Å². The van der Waals surface area contributed by atoms with Crippen molar-refractivity contribution >= 4 is 27.4 Å². The molecular weight excluding hydrogens is 299 g/mol. The second kappa shape index (κ2) is 4.36. The number of pyridine rings is 1. The highest BCUT2D eigenvalue weighted by atomic mass is 79.9. The van der Waals surface area contributed by atoms with Gasteiger partial charge in [-0.3, -0.25) is 0 Å². The zero-order valence-corrected chi connectivity index (χ0v) is 10.4. The first-order valence-electron chi connectivity index (χ1n) is 5.11. The molecule has 94 valence electrons. The Balaban J connectivity index is 2.26. The minimum Gasteiger partial charge on any atom is -0.397 e. The van der Waals surface area contributed by atoms with E-state index in [9.17, 15) is 13.2 Å². The van der Waals surface area contributed by atoms with Crippen molar-refractivity contribution in [3.8, 4) is 0 Å². The molecule has 1 fully saturated rings. The molecule has 0 aromatic carbocycles. The largest absolute Gasteiger partial charge is 0.405 e. The quantitative estimate of drug-likeness (QED) is 0.933. The first-order valence-corrected chi connectivity index (χ1v) is 5.90. The number of nitrogen functional groups attached to an aromatic ring is 1. The van der Waals surface area contributed by atoms with Gasteiger partial charge in [0, 0.05) is 6.04 Å². The summed E-state index contributed by atoms with van der Waals surface area (Å²) in [5.74, 6) is 0.305. The summed E-state index contributed by atoms with van der Waals surface area (Å²) >= 11 is 3.20. The SMILES string of the molecule is Nc1cnc(N(CC(F)(F)F)C2CC2)c(Br)c1. The molecule has 0 unspecified atom stereocenters. The molecule has 1 aromatic heterocycles. The van der Waals surface area contributed by atoms with Gasteiger partial charge in [-0.15, -0.1) is 0 Å². The number of nitrogens with two attached hydrogens (primary N) is 1. The highest BCUT2D eigenvalue weighted by Crippen LogP contribution is 2.37.